The number of hydrogen-bond acceptors (Lipinski definition) is 5. The van der Waals surface area contributed by atoms with E-state index in [9.17, 15) is 8.60 Å². The molecule has 2 aromatic carbocycles. The van der Waals surface area contributed by atoms with Crippen LogP contribution in [-0.4, -0.2) is 19.6 Å². The molecule has 0 bridgehead atoms. The Kier molecular flexibility index (Phi) is 6.18. The third-order valence-corrected chi connectivity index (χ3v) is 6.72. The average Bonchev–Trinajstić information content (AvgIpc) is 3.17. The Morgan fingerprint density at radius 1 is 1.16 bits per heavy atom. The minimum absolute atomic E-state index is 0.117. The van der Waals surface area contributed by atoms with E-state index in [1.165, 1.54) is 12.1 Å². The van der Waals surface area contributed by atoms with Gasteiger partial charge >= 0.3 is 0 Å². The molecule has 4 rings (SSSR count). The van der Waals surface area contributed by atoms with Gasteiger partial charge in [-0.3, -0.25) is 4.21 Å². The van der Waals surface area contributed by atoms with Gasteiger partial charge in [-0.2, -0.15) is 0 Å². The predicted molar refractivity (Wildman–Crippen MR) is 121 cm³/mol. The van der Waals surface area contributed by atoms with Gasteiger partial charge in [0.2, 0.25) is 0 Å². The minimum atomic E-state index is -1.31. The van der Waals surface area contributed by atoms with Crippen molar-refractivity contribution in [1.29, 1.82) is 0 Å². The van der Waals surface area contributed by atoms with Crippen LogP contribution in [0.2, 0.25) is 5.02 Å². The second kappa shape index (κ2) is 8.86. The number of fused-ring (bicyclic) bond motifs is 1. The molecule has 0 aliphatic heterocycles. The zero-order valence-corrected chi connectivity index (χ0v) is 18.6. The maximum Gasteiger partial charge on any atom is 0.169 e. The first-order valence-corrected chi connectivity index (χ1v) is 11.4. The largest absolute Gasteiger partial charge is 0.356 e. The zero-order chi connectivity index (χ0) is 22.1. The SMILES string of the molecule is CC(C)S(=O)c1ccc(F)c(CC(N)c2ccccc2-c2noc3cc(Cl)ccc23)n1. The molecule has 0 spiro atoms. The van der Waals surface area contributed by atoms with E-state index in [2.05, 4.69) is 10.1 Å². The van der Waals surface area contributed by atoms with E-state index in [4.69, 9.17) is 21.9 Å². The van der Waals surface area contributed by atoms with Crippen molar-refractivity contribution in [2.75, 3.05) is 0 Å². The number of benzene rings is 2. The summed E-state index contributed by atoms with van der Waals surface area (Å²) in [4.78, 5) is 4.31. The van der Waals surface area contributed by atoms with Crippen LogP contribution in [0.3, 0.4) is 0 Å². The van der Waals surface area contributed by atoms with Crippen LogP contribution in [0, 0.1) is 5.82 Å². The highest BCUT2D eigenvalue weighted by atomic mass is 35.5. The van der Waals surface area contributed by atoms with Gasteiger partial charge in [0, 0.05) is 39.8 Å². The molecule has 4 aromatic rings. The van der Waals surface area contributed by atoms with Crippen molar-refractivity contribution in [3.63, 3.8) is 0 Å². The van der Waals surface area contributed by atoms with Crippen LogP contribution in [0.5, 0.6) is 0 Å². The highest BCUT2D eigenvalue weighted by molar-refractivity contribution is 7.85. The Morgan fingerprint density at radius 2 is 1.94 bits per heavy atom. The number of pyridine rings is 1. The lowest BCUT2D eigenvalue weighted by atomic mass is 9.94. The molecule has 2 unspecified atom stereocenters. The number of halogens is 2. The lowest BCUT2D eigenvalue weighted by Crippen LogP contribution is -2.17. The summed E-state index contributed by atoms with van der Waals surface area (Å²) in [5, 5.41) is 5.81. The van der Waals surface area contributed by atoms with Crippen LogP contribution in [-0.2, 0) is 17.2 Å². The van der Waals surface area contributed by atoms with E-state index in [0.29, 0.717) is 21.3 Å². The maximum absolute atomic E-state index is 14.5. The maximum atomic E-state index is 14.5. The third kappa shape index (κ3) is 4.39. The Hall–Kier alpha value is -2.61. The van der Waals surface area contributed by atoms with Crippen LogP contribution in [0.15, 0.2) is 64.1 Å². The van der Waals surface area contributed by atoms with E-state index >= 15 is 0 Å². The molecule has 0 aliphatic rings. The molecule has 0 fully saturated rings. The van der Waals surface area contributed by atoms with Gasteiger partial charge in [0.15, 0.2) is 5.58 Å². The molecule has 0 saturated heterocycles. The fraction of sp³-hybridized carbons (Fsp3) is 0.217. The molecule has 2 N–H and O–H groups in total. The van der Waals surface area contributed by atoms with Crippen molar-refractivity contribution in [2.24, 2.45) is 5.73 Å². The standard InChI is InChI=1S/C23H21ClFN3O2S/c1-13(2)31(29)22-10-9-18(25)20(27-22)12-19(26)15-5-3-4-6-16(15)23-17-8-7-14(24)11-21(17)30-28-23/h3-11,13,19H,12,26H2,1-2H3. The van der Waals surface area contributed by atoms with Gasteiger partial charge in [-0.25, -0.2) is 9.37 Å². The number of aromatic nitrogens is 2. The summed E-state index contributed by atoms with van der Waals surface area (Å²) in [7, 11) is -1.31. The van der Waals surface area contributed by atoms with E-state index < -0.39 is 22.7 Å². The van der Waals surface area contributed by atoms with Crippen molar-refractivity contribution in [2.45, 2.75) is 36.6 Å². The molecular weight excluding hydrogens is 437 g/mol. The first kappa shape index (κ1) is 21.6. The highest BCUT2D eigenvalue weighted by Crippen LogP contribution is 2.34. The molecule has 5 nitrogen and oxygen atoms in total. The van der Waals surface area contributed by atoms with Gasteiger partial charge in [-0.1, -0.05) is 54.9 Å². The van der Waals surface area contributed by atoms with Gasteiger partial charge < -0.3 is 10.3 Å². The zero-order valence-electron chi connectivity index (χ0n) is 17.0. The number of hydrogen-bond donors (Lipinski definition) is 1. The average molecular weight is 458 g/mol. The lowest BCUT2D eigenvalue weighted by molar-refractivity contribution is 0.459. The summed E-state index contributed by atoms with van der Waals surface area (Å²) in [6, 6.07) is 15.0. The van der Waals surface area contributed by atoms with E-state index in [-0.39, 0.29) is 17.4 Å². The number of nitrogens with two attached hydrogens (primary N) is 1. The van der Waals surface area contributed by atoms with Crippen LogP contribution in [0.25, 0.3) is 22.2 Å². The molecular formula is C23H21ClFN3O2S. The number of rotatable bonds is 6. The van der Waals surface area contributed by atoms with Gasteiger partial charge in [-0.15, -0.1) is 0 Å². The quantitative estimate of drug-likeness (QED) is 0.416. The van der Waals surface area contributed by atoms with Crippen molar-refractivity contribution in [3.05, 3.63) is 76.7 Å². The van der Waals surface area contributed by atoms with E-state index in [0.717, 1.165) is 16.5 Å². The van der Waals surface area contributed by atoms with Crippen molar-refractivity contribution in [1.82, 2.24) is 10.1 Å². The summed E-state index contributed by atoms with van der Waals surface area (Å²) in [5.74, 6) is -0.473. The molecule has 8 heteroatoms. The van der Waals surface area contributed by atoms with Gasteiger partial charge in [0.05, 0.1) is 16.5 Å². The highest BCUT2D eigenvalue weighted by Gasteiger charge is 2.20. The van der Waals surface area contributed by atoms with E-state index in [1.54, 1.807) is 12.1 Å². The first-order valence-electron chi connectivity index (χ1n) is 9.81. The second-order valence-electron chi connectivity index (χ2n) is 7.49. The molecule has 2 heterocycles. The van der Waals surface area contributed by atoms with Crippen molar-refractivity contribution in [3.8, 4) is 11.3 Å². The van der Waals surface area contributed by atoms with Gasteiger partial charge in [0.1, 0.15) is 16.5 Å². The summed E-state index contributed by atoms with van der Waals surface area (Å²) >= 11 is 6.04. The van der Waals surface area contributed by atoms with Crippen LogP contribution >= 0.6 is 11.6 Å². The molecule has 2 atom stereocenters. The molecule has 0 saturated carbocycles. The Balaban J connectivity index is 1.70. The number of nitrogens with zero attached hydrogens (tertiary/aromatic N) is 2. The summed E-state index contributed by atoms with van der Waals surface area (Å²) in [6.45, 7) is 3.66. The van der Waals surface area contributed by atoms with Gasteiger partial charge in [0.25, 0.3) is 0 Å². The van der Waals surface area contributed by atoms with Gasteiger partial charge in [-0.05, 0) is 29.8 Å². The molecule has 0 amide bonds. The fourth-order valence-electron chi connectivity index (χ4n) is 3.42. The second-order valence-corrected chi connectivity index (χ2v) is 9.89. The summed E-state index contributed by atoms with van der Waals surface area (Å²) in [5.41, 5.74) is 9.46. The monoisotopic (exact) mass is 457 g/mol. The minimum Gasteiger partial charge on any atom is -0.356 e. The predicted octanol–water partition coefficient (Wildman–Crippen LogP) is 5.44. The van der Waals surface area contributed by atoms with E-state index in [1.807, 2.05) is 44.2 Å². The molecule has 160 valence electrons. The first-order chi connectivity index (χ1) is 14.8. The van der Waals surface area contributed by atoms with Crippen LogP contribution in [0.4, 0.5) is 4.39 Å². The Labute approximate surface area is 186 Å². The third-order valence-electron chi connectivity index (χ3n) is 4.99. The van der Waals surface area contributed by atoms with Crippen LogP contribution < -0.4 is 5.73 Å². The van der Waals surface area contributed by atoms with Crippen molar-refractivity contribution < 1.29 is 13.1 Å². The molecule has 0 aliphatic carbocycles. The molecule has 0 radical (unpaired) electrons. The molecule has 2 aromatic heterocycles. The Morgan fingerprint density at radius 3 is 2.71 bits per heavy atom. The molecule has 31 heavy (non-hydrogen) atoms. The summed E-state index contributed by atoms with van der Waals surface area (Å²) in [6.07, 6.45) is 0.146. The summed E-state index contributed by atoms with van der Waals surface area (Å²) < 4.78 is 32.3. The fourth-order valence-corrected chi connectivity index (χ4v) is 4.47. The van der Waals surface area contributed by atoms with Crippen molar-refractivity contribution >= 4 is 33.4 Å². The lowest BCUT2D eigenvalue weighted by Gasteiger charge is -2.16. The Bertz CT molecular complexity index is 1270. The topological polar surface area (TPSA) is 82.0 Å². The normalized spacial score (nSPS) is 13.6. The smallest absolute Gasteiger partial charge is 0.169 e. The van der Waals surface area contributed by atoms with Crippen LogP contribution in [0.1, 0.15) is 31.1 Å².